The highest BCUT2D eigenvalue weighted by atomic mass is 16.2. The van der Waals surface area contributed by atoms with E-state index in [2.05, 4.69) is 19.2 Å². The molecule has 0 spiro atoms. The first-order valence-corrected chi connectivity index (χ1v) is 4.11. The molecule has 0 aromatic carbocycles. The molecule has 1 atom stereocenters. The Morgan fingerprint density at radius 3 is 2.45 bits per heavy atom. The van der Waals surface area contributed by atoms with Gasteiger partial charge in [0.15, 0.2) is 0 Å². The lowest BCUT2D eigenvalue weighted by Crippen LogP contribution is -2.41. The van der Waals surface area contributed by atoms with Gasteiger partial charge in [0.1, 0.15) is 0 Å². The van der Waals surface area contributed by atoms with E-state index in [4.69, 9.17) is 5.73 Å². The summed E-state index contributed by atoms with van der Waals surface area (Å²) in [6.45, 7) is 6.66. The van der Waals surface area contributed by atoms with Gasteiger partial charge in [0, 0.05) is 6.54 Å². The zero-order chi connectivity index (χ0) is 8.85. The number of amides is 1. The molecule has 0 aliphatic heterocycles. The van der Waals surface area contributed by atoms with Gasteiger partial charge in [-0.15, -0.1) is 0 Å². The predicted octanol–water partition coefficient (Wildman–Crippen LogP) is 0.496. The zero-order valence-corrected chi connectivity index (χ0v) is 7.55. The van der Waals surface area contributed by atoms with Crippen LogP contribution in [0.5, 0.6) is 0 Å². The summed E-state index contributed by atoms with van der Waals surface area (Å²) in [4.78, 5) is 11.0. The second kappa shape index (κ2) is 5.13. The first-order chi connectivity index (χ1) is 5.07. The van der Waals surface area contributed by atoms with Gasteiger partial charge < -0.3 is 11.1 Å². The molecule has 0 heterocycles. The Hall–Kier alpha value is -0.570. The maximum Gasteiger partial charge on any atom is 0.236 e. The van der Waals surface area contributed by atoms with E-state index < -0.39 is 0 Å². The van der Waals surface area contributed by atoms with Crippen molar-refractivity contribution < 1.29 is 4.79 Å². The van der Waals surface area contributed by atoms with Crippen LogP contribution < -0.4 is 11.1 Å². The van der Waals surface area contributed by atoms with Crippen LogP contribution in [0.3, 0.4) is 0 Å². The van der Waals surface area contributed by atoms with Gasteiger partial charge in [-0.1, -0.05) is 13.8 Å². The molecular formula is C8H18N2O. The predicted molar refractivity (Wildman–Crippen MR) is 46.1 cm³/mol. The average molecular weight is 158 g/mol. The fourth-order valence-corrected chi connectivity index (χ4v) is 0.920. The van der Waals surface area contributed by atoms with Crippen molar-refractivity contribution in [2.24, 2.45) is 11.7 Å². The molecule has 0 radical (unpaired) electrons. The highest BCUT2D eigenvalue weighted by Crippen LogP contribution is 2.01. The summed E-state index contributed by atoms with van der Waals surface area (Å²) in [5, 5.41) is 2.69. The standard InChI is InChI=1S/C8H18N2O/c1-4-10-8(11)7(9)5-6(2)3/h6-7H,4-5,9H2,1-3H3,(H,10,11)/t7-/m1/s1. The number of nitrogens with two attached hydrogens (primary N) is 1. The fourth-order valence-electron chi connectivity index (χ4n) is 0.920. The number of carbonyl (C=O) groups is 1. The van der Waals surface area contributed by atoms with E-state index in [1.54, 1.807) is 0 Å². The Morgan fingerprint density at radius 2 is 2.09 bits per heavy atom. The van der Waals surface area contributed by atoms with Gasteiger partial charge in [-0.25, -0.2) is 0 Å². The average Bonchev–Trinajstić information content (AvgIpc) is 1.86. The molecule has 0 aliphatic rings. The molecule has 1 amide bonds. The molecule has 0 unspecified atom stereocenters. The number of rotatable bonds is 4. The van der Waals surface area contributed by atoms with Crippen LogP contribution in [-0.4, -0.2) is 18.5 Å². The lowest BCUT2D eigenvalue weighted by Gasteiger charge is -2.12. The van der Waals surface area contributed by atoms with Crippen molar-refractivity contribution >= 4 is 5.91 Å². The second-order valence-corrected chi connectivity index (χ2v) is 3.13. The van der Waals surface area contributed by atoms with Crippen LogP contribution in [0, 0.1) is 5.92 Å². The van der Waals surface area contributed by atoms with E-state index in [0.717, 1.165) is 6.42 Å². The summed E-state index contributed by atoms with van der Waals surface area (Å²) in [6.07, 6.45) is 0.756. The SMILES string of the molecule is CCNC(=O)[C@H](N)CC(C)C. The molecule has 0 aromatic rings. The van der Waals surface area contributed by atoms with Gasteiger partial charge >= 0.3 is 0 Å². The quantitative estimate of drug-likeness (QED) is 0.626. The van der Waals surface area contributed by atoms with Crippen LogP contribution >= 0.6 is 0 Å². The normalized spacial score (nSPS) is 13.2. The smallest absolute Gasteiger partial charge is 0.236 e. The number of carbonyl (C=O) groups excluding carboxylic acids is 1. The fraction of sp³-hybridized carbons (Fsp3) is 0.875. The molecule has 3 heteroatoms. The van der Waals surface area contributed by atoms with Crippen LogP contribution in [-0.2, 0) is 4.79 Å². The Bertz CT molecular complexity index is 123. The van der Waals surface area contributed by atoms with Gasteiger partial charge in [0.05, 0.1) is 6.04 Å². The summed E-state index contributed by atoms with van der Waals surface area (Å²) in [7, 11) is 0. The summed E-state index contributed by atoms with van der Waals surface area (Å²) in [5.41, 5.74) is 5.59. The number of hydrogen-bond donors (Lipinski definition) is 2. The molecule has 0 saturated carbocycles. The molecule has 0 saturated heterocycles. The van der Waals surface area contributed by atoms with Crippen molar-refractivity contribution in [2.45, 2.75) is 33.2 Å². The van der Waals surface area contributed by atoms with Crippen molar-refractivity contribution in [1.29, 1.82) is 0 Å². The minimum absolute atomic E-state index is 0.0406. The van der Waals surface area contributed by atoms with Gasteiger partial charge in [-0.2, -0.15) is 0 Å². The highest BCUT2D eigenvalue weighted by molar-refractivity contribution is 5.81. The number of nitrogens with one attached hydrogen (secondary N) is 1. The molecule has 0 rings (SSSR count). The zero-order valence-electron chi connectivity index (χ0n) is 7.55. The molecule has 0 aromatic heterocycles. The van der Waals surface area contributed by atoms with Crippen LogP contribution in [0.4, 0.5) is 0 Å². The topological polar surface area (TPSA) is 55.1 Å². The maximum atomic E-state index is 11.0. The number of hydrogen-bond acceptors (Lipinski definition) is 2. The van der Waals surface area contributed by atoms with E-state index in [0.29, 0.717) is 12.5 Å². The molecule has 3 N–H and O–H groups in total. The summed E-state index contributed by atoms with van der Waals surface area (Å²) < 4.78 is 0. The molecule has 0 aliphatic carbocycles. The van der Waals surface area contributed by atoms with Crippen molar-refractivity contribution in [2.75, 3.05) is 6.54 Å². The summed E-state index contributed by atoms with van der Waals surface area (Å²) in [6, 6.07) is -0.338. The van der Waals surface area contributed by atoms with Gasteiger partial charge in [-0.05, 0) is 19.3 Å². The van der Waals surface area contributed by atoms with E-state index >= 15 is 0 Å². The largest absolute Gasteiger partial charge is 0.355 e. The first-order valence-electron chi connectivity index (χ1n) is 4.11. The van der Waals surface area contributed by atoms with Crippen LogP contribution in [0.2, 0.25) is 0 Å². The van der Waals surface area contributed by atoms with Crippen molar-refractivity contribution in [1.82, 2.24) is 5.32 Å². The molecular weight excluding hydrogens is 140 g/mol. The Kier molecular flexibility index (Phi) is 4.86. The van der Waals surface area contributed by atoms with Crippen LogP contribution in [0.25, 0.3) is 0 Å². The Morgan fingerprint density at radius 1 is 1.55 bits per heavy atom. The highest BCUT2D eigenvalue weighted by Gasteiger charge is 2.12. The van der Waals surface area contributed by atoms with Gasteiger partial charge in [0.25, 0.3) is 0 Å². The molecule has 0 fully saturated rings. The van der Waals surface area contributed by atoms with Crippen LogP contribution in [0.15, 0.2) is 0 Å². The molecule has 11 heavy (non-hydrogen) atoms. The van der Waals surface area contributed by atoms with Crippen molar-refractivity contribution in [3.63, 3.8) is 0 Å². The van der Waals surface area contributed by atoms with Crippen molar-refractivity contribution in [3.8, 4) is 0 Å². The molecule has 66 valence electrons. The number of likely N-dealkylation sites (N-methyl/N-ethyl adjacent to an activating group) is 1. The molecule has 3 nitrogen and oxygen atoms in total. The van der Waals surface area contributed by atoms with Crippen LogP contribution in [0.1, 0.15) is 27.2 Å². The minimum Gasteiger partial charge on any atom is -0.355 e. The summed E-state index contributed by atoms with van der Waals surface area (Å²) in [5.74, 6) is 0.439. The third kappa shape index (κ3) is 4.79. The third-order valence-electron chi connectivity index (χ3n) is 1.41. The molecule has 0 bridgehead atoms. The Balaban J connectivity index is 3.64. The maximum absolute atomic E-state index is 11.0. The second-order valence-electron chi connectivity index (χ2n) is 3.13. The summed E-state index contributed by atoms with van der Waals surface area (Å²) >= 11 is 0. The van der Waals surface area contributed by atoms with E-state index in [1.807, 2.05) is 6.92 Å². The minimum atomic E-state index is -0.338. The van der Waals surface area contributed by atoms with E-state index in [9.17, 15) is 4.79 Å². The monoisotopic (exact) mass is 158 g/mol. The van der Waals surface area contributed by atoms with Crippen molar-refractivity contribution in [3.05, 3.63) is 0 Å². The van der Waals surface area contributed by atoms with Gasteiger partial charge in [-0.3, -0.25) is 4.79 Å². The third-order valence-corrected chi connectivity index (χ3v) is 1.41. The Labute approximate surface area is 68.3 Å². The first kappa shape index (κ1) is 10.4. The lowest BCUT2D eigenvalue weighted by molar-refractivity contribution is -0.122. The van der Waals surface area contributed by atoms with Gasteiger partial charge in [0.2, 0.25) is 5.91 Å². The lowest BCUT2D eigenvalue weighted by atomic mass is 10.0. The van der Waals surface area contributed by atoms with E-state index in [1.165, 1.54) is 0 Å². The van der Waals surface area contributed by atoms with E-state index in [-0.39, 0.29) is 11.9 Å².